The number of methoxy groups -OCH3 is 1. The van der Waals surface area contributed by atoms with E-state index in [2.05, 4.69) is 10.1 Å². The molecule has 0 fully saturated rings. The van der Waals surface area contributed by atoms with E-state index in [-0.39, 0.29) is 5.78 Å². The zero-order valence-corrected chi connectivity index (χ0v) is 12.9. The maximum absolute atomic E-state index is 12.6. The zero-order valence-electron chi connectivity index (χ0n) is 12.9. The van der Waals surface area contributed by atoms with E-state index in [1.807, 2.05) is 43.3 Å². The fourth-order valence-electron chi connectivity index (χ4n) is 2.92. The Morgan fingerprint density at radius 1 is 1.26 bits per heavy atom. The first kappa shape index (κ1) is 13.7. The summed E-state index contributed by atoms with van der Waals surface area (Å²) in [6.07, 6.45) is 4.01. The number of carbonyl (C=O) groups excluding carboxylic acids is 1. The highest BCUT2D eigenvalue weighted by Crippen LogP contribution is 2.29. The molecule has 0 saturated carbocycles. The number of hydrogen-bond acceptors (Lipinski definition) is 4. The van der Waals surface area contributed by atoms with Crippen LogP contribution in [0.2, 0.25) is 0 Å². The van der Waals surface area contributed by atoms with Crippen molar-refractivity contribution in [2.45, 2.75) is 13.3 Å². The van der Waals surface area contributed by atoms with E-state index in [1.54, 1.807) is 17.8 Å². The molecule has 3 aromatic rings. The molecule has 0 radical (unpaired) electrons. The van der Waals surface area contributed by atoms with Crippen LogP contribution in [0.1, 0.15) is 22.5 Å². The van der Waals surface area contributed by atoms with Gasteiger partial charge in [0, 0.05) is 23.4 Å². The lowest BCUT2D eigenvalue weighted by Crippen LogP contribution is -2.16. The molecule has 23 heavy (non-hydrogen) atoms. The molecule has 4 rings (SSSR count). The van der Waals surface area contributed by atoms with Crippen LogP contribution >= 0.6 is 0 Å². The van der Waals surface area contributed by atoms with Gasteiger partial charge in [0.25, 0.3) is 0 Å². The van der Waals surface area contributed by atoms with Gasteiger partial charge in [-0.3, -0.25) is 4.79 Å². The predicted octanol–water partition coefficient (Wildman–Crippen LogP) is 2.71. The number of allylic oxidation sites excluding steroid dienone is 1. The number of rotatable bonds is 2. The highest BCUT2D eigenvalue weighted by molar-refractivity contribution is 6.27. The molecule has 0 atom stereocenters. The number of nitrogens with zero attached hydrogens (tertiary/aromatic N) is 3. The summed E-state index contributed by atoms with van der Waals surface area (Å²) in [5.74, 6) is 0.810. The molecular formula is C18H15N3O2. The summed E-state index contributed by atoms with van der Waals surface area (Å²) in [6.45, 7) is 1.92. The number of benzene rings is 1. The normalized spacial score (nSPS) is 13.8. The van der Waals surface area contributed by atoms with Crippen LogP contribution in [0.15, 0.2) is 36.5 Å². The average molecular weight is 305 g/mol. The van der Waals surface area contributed by atoms with Crippen molar-refractivity contribution in [3.05, 3.63) is 59.0 Å². The van der Waals surface area contributed by atoms with Crippen molar-refractivity contribution in [1.82, 2.24) is 14.6 Å². The van der Waals surface area contributed by atoms with Crippen molar-refractivity contribution >= 4 is 23.1 Å². The molecule has 1 aliphatic rings. The highest BCUT2D eigenvalue weighted by atomic mass is 16.5. The van der Waals surface area contributed by atoms with Crippen LogP contribution in [-0.4, -0.2) is 27.5 Å². The predicted molar refractivity (Wildman–Crippen MR) is 87.3 cm³/mol. The molecule has 1 aromatic carbocycles. The topological polar surface area (TPSA) is 56.5 Å². The number of hydrogen-bond donors (Lipinski definition) is 0. The van der Waals surface area contributed by atoms with Crippen LogP contribution in [-0.2, 0) is 11.2 Å². The van der Waals surface area contributed by atoms with Crippen molar-refractivity contribution in [2.75, 3.05) is 7.11 Å². The first-order chi connectivity index (χ1) is 11.2. The lowest BCUT2D eigenvalue weighted by atomic mass is 9.91. The van der Waals surface area contributed by atoms with E-state index in [9.17, 15) is 4.79 Å². The highest BCUT2D eigenvalue weighted by Gasteiger charge is 2.23. The molecule has 1 aliphatic carbocycles. The van der Waals surface area contributed by atoms with Gasteiger partial charge in [0.15, 0.2) is 11.4 Å². The molecule has 0 bridgehead atoms. The summed E-state index contributed by atoms with van der Waals surface area (Å²) in [4.78, 5) is 17.1. The maximum Gasteiger partial charge on any atom is 0.169 e. The van der Waals surface area contributed by atoms with E-state index in [4.69, 9.17) is 4.74 Å². The van der Waals surface area contributed by atoms with Gasteiger partial charge in [-0.25, -0.2) is 9.50 Å². The van der Waals surface area contributed by atoms with Crippen LogP contribution < -0.4 is 4.74 Å². The third kappa shape index (κ3) is 2.21. The molecule has 0 N–H and O–H groups in total. The summed E-state index contributed by atoms with van der Waals surface area (Å²) < 4.78 is 7.01. The Kier molecular flexibility index (Phi) is 3.01. The largest absolute Gasteiger partial charge is 0.497 e. The van der Waals surface area contributed by atoms with Gasteiger partial charge in [0.05, 0.1) is 24.9 Å². The number of ketones is 1. The third-order valence-corrected chi connectivity index (χ3v) is 4.05. The SMILES string of the molecule is COc1cccc(C2=Cc3cnc4cc(C)nn4c3CC2=O)c1. The summed E-state index contributed by atoms with van der Waals surface area (Å²) >= 11 is 0. The Bertz CT molecular complexity index is 970. The summed E-state index contributed by atoms with van der Waals surface area (Å²) in [5, 5.41) is 4.44. The van der Waals surface area contributed by atoms with Crippen molar-refractivity contribution < 1.29 is 9.53 Å². The summed E-state index contributed by atoms with van der Waals surface area (Å²) in [6, 6.07) is 9.45. The van der Waals surface area contributed by atoms with Gasteiger partial charge in [-0.15, -0.1) is 0 Å². The molecule has 0 spiro atoms. The second-order valence-electron chi connectivity index (χ2n) is 5.61. The van der Waals surface area contributed by atoms with Crippen molar-refractivity contribution in [3.8, 4) is 5.75 Å². The van der Waals surface area contributed by atoms with Gasteiger partial charge in [0.1, 0.15) is 5.75 Å². The molecule has 2 heterocycles. The molecule has 0 amide bonds. The van der Waals surface area contributed by atoms with Gasteiger partial charge in [-0.2, -0.15) is 5.10 Å². The first-order valence-electron chi connectivity index (χ1n) is 7.39. The third-order valence-electron chi connectivity index (χ3n) is 4.05. The van der Waals surface area contributed by atoms with Crippen molar-refractivity contribution in [3.63, 3.8) is 0 Å². The van der Waals surface area contributed by atoms with Crippen LogP contribution in [0.25, 0.3) is 17.3 Å². The molecule has 5 heteroatoms. The smallest absolute Gasteiger partial charge is 0.169 e. The van der Waals surface area contributed by atoms with E-state index in [1.165, 1.54) is 0 Å². The molecular weight excluding hydrogens is 290 g/mol. The monoisotopic (exact) mass is 305 g/mol. The van der Waals surface area contributed by atoms with E-state index in [0.717, 1.165) is 33.9 Å². The van der Waals surface area contributed by atoms with Crippen LogP contribution in [0, 0.1) is 6.92 Å². The van der Waals surface area contributed by atoms with Gasteiger partial charge in [0.2, 0.25) is 0 Å². The lowest BCUT2D eigenvalue weighted by Gasteiger charge is -2.16. The molecule has 0 unspecified atom stereocenters. The standard InChI is InChI=1S/C18H15N3O2/c1-11-6-18-19-10-13-8-15(12-4-3-5-14(7-12)23-2)17(22)9-16(13)21(18)20-11/h3-8,10H,9H2,1-2H3. The van der Waals surface area contributed by atoms with E-state index < -0.39 is 0 Å². The van der Waals surface area contributed by atoms with E-state index in [0.29, 0.717) is 12.0 Å². The average Bonchev–Trinajstić information content (AvgIpc) is 2.95. The Hall–Kier alpha value is -2.95. The minimum atomic E-state index is 0.0754. The number of aryl methyl sites for hydroxylation is 1. The molecule has 2 aromatic heterocycles. The second kappa shape index (κ2) is 5.05. The Labute approximate surface area is 133 Å². The molecule has 0 saturated heterocycles. The van der Waals surface area contributed by atoms with E-state index >= 15 is 0 Å². The number of fused-ring (bicyclic) bond motifs is 3. The first-order valence-corrected chi connectivity index (χ1v) is 7.39. The maximum atomic E-state index is 12.6. The number of carbonyl (C=O) groups is 1. The van der Waals surface area contributed by atoms with Crippen LogP contribution in [0.3, 0.4) is 0 Å². The van der Waals surface area contributed by atoms with Crippen LogP contribution in [0.5, 0.6) is 5.75 Å². The van der Waals surface area contributed by atoms with Gasteiger partial charge < -0.3 is 4.74 Å². The second-order valence-corrected chi connectivity index (χ2v) is 5.61. The molecule has 114 valence electrons. The fourth-order valence-corrected chi connectivity index (χ4v) is 2.92. The van der Waals surface area contributed by atoms with Gasteiger partial charge >= 0.3 is 0 Å². The van der Waals surface area contributed by atoms with Gasteiger partial charge in [-0.1, -0.05) is 12.1 Å². The summed E-state index contributed by atoms with van der Waals surface area (Å²) in [7, 11) is 1.62. The Balaban J connectivity index is 1.88. The Morgan fingerprint density at radius 3 is 2.96 bits per heavy atom. The van der Waals surface area contributed by atoms with Gasteiger partial charge in [-0.05, 0) is 30.7 Å². The lowest BCUT2D eigenvalue weighted by molar-refractivity contribution is -0.113. The number of Topliss-reactive ketones (excluding diaryl/α,β-unsaturated/α-hetero) is 1. The Morgan fingerprint density at radius 2 is 2.13 bits per heavy atom. The zero-order chi connectivity index (χ0) is 16.0. The molecule has 0 aliphatic heterocycles. The van der Waals surface area contributed by atoms with Crippen molar-refractivity contribution in [2.24, 2.45) is 0 Å². The molecule has 5 nitrogen and oxygen atoms in total. The quantitative estimate of drug-likeness (QED) is 0.730. The summed E-state index contributed by atoms with van der Waals surface area (Å²) in [5.41, 5.74) is 5.02. The van der Waals surface area contributed by atoms with Crippen molar-refractivity contribution in [1.29, 1.82) is 0 Å². The number of aromatic nitrogens is 3. The van der Waals surface area contributed by atoms with Crippen LogP contribution in [0.4, 0.5) is 0 Å². The minimum Gasteiger partial charge on any atom is -0.497 e. The minimum absolute atomic E-state index is 0.0754. The fraction of sp³-hybridized carbons (Fsp3) is 0.167. The number of ether oxygens (including phenoxy) is 1.